The zero-order chi connectivity index (χ0) is 18.7. The molecule has 26 heavy (non-hydrogen) atoms. The molecule has 1 aliphatic rings. The van der Waals surface area contributed by atoms with E-state index in [4.69, 9.17) is 11.6 Å². The van der Waals surface area contributed by atoms with Crippen LogP contribution in [-0.4, -0.2) is 23.9 Å². The first-order valence-electron chi connectivity index (χ1n) is 8.51. The molecular weight excluding hydrogens is 354 g/mol. The summed E-state index contributed by atoms with van der Waals surface area (Å²) in [5.41, 5.74) is 2.36. The SMILES string of the molecule is Cc1ccc(NC(=O)C2CCN(c3ccccc3[N+](=O)[O-])CC2)c(Cl)c1. The Morgan fingerprint density at radius 1 is 1.23 bits per heavy atom. The zero-order valence-corrected chi connectivity index (χ0v) is 15.2. The number of amides is 1. The van der Waals surface area contributed by atoms with Crippen molar-refractivity contribution in [3.05, 3.63) is 63.2 Å². The van der Waals surface area contributed by atoms with Gasteiger partial charge in [-0.3, -0.25) is 14.9 Å². The van der Waals surface area contributed by atoms with Crippen LogP contribution in [0.15, 0.2) is 42.5 Å². The smallest absolute Gasteiger partial charge is 0.292 e. The molecule has 1 aliphatic heterocycles. The van der Waals surface area contributed by atoms with E-state index in [-0.39, 0.29) is 22.4 Å². The predicted octanol–water partition coefficient (Wildman–Crippen LogP) is 4.41. The van der Waals surface area contributed by atoms with Gasteiger partial charge in [-0.1, -0.05) is 29.8 Å². The number of hydrogen-bond acceptors (Lipinski definition) is 4. The maximum Gasteiger partial charge on any atom is 0.292 e. The lowest BCUT2D eigenvalue weighted by atomic mass is 9.95. The minimum absolute atomic E-state index is 0.0574. The quantitative estimate of drug-likeness (QED) is 0.636. The summed E-state index contributed by atoms with van der Waals surface area (Å²) in [6.07, 6.45) is 1.28. The van der Waals surface area contributed by atoms with Crippen LogP contribution in [0.4, 0.5) is 17.1 Å². The molecule has 2 aromatic carbocycles. The number of para-hydroxylation sites is 2. The number of benzene rings is 2. The first-order chi connectivity index (χ1) is 12.5. The van der Waals surface area contributed by atoms with Crippen LogP contribution in [0.1, 0.15) is 18.4 Å². The number of rotatable bonds is 4. The molecule has 3 rings (SSSR count). The number of anilines is 2. The van der Waals surface area contributed by atoms with Gasteiger partial charge in [0.1, 0.15) is 5.69 Å². The maximum absolute atomic E-state index is 12.5. The number of aryl methyl sites for hydroxylation is 1. The second-order valence-corrected chi connectivity index (χ2v) is 6.89. The fraction of sp³-hybridized carbons (Fsp3) is 0.316. The highest BCUT2D eigenvalue weighted by Crippen LogP contribution is 2.32. The molecule has 1 heterocycles. The molecule has 1 fully saturated rings. The number of carbonyl (C=O) groups is 1. The first kappa shape index (κ1) is 18.2. The Balaban J connectivity index is 1.63. The van der Waals surface area contributed by atoms with Crippen molar-refractivity contribution in [3.8, 4) is 0 Å². The van der Waals surface area contributed by atoms with Gasteiger partial charge in [-0.25, -0.2) is 0 Å². The number of carbonyl (C=O) groups excluding carboxylic acids is 1. The van der Waals surface area contributed by atoms with Crippen molar-refractivity contribution in [1.82, 2.24) is 0 Å². The molecule has 0 bridgehead atoms. The van der Waals surface area contributed by atoms with E-state index in [1.807, 2.05) is 24.0 Å². The van der Waals surface area contributed by atoms with Gasteiger partial charge in [0.25, 0.3) is 5.69 Å². The topological polar surface area (TPSA) is 75.5 Å². The molecule has 136 valence electrons. The van der Waals surface area contributed by atoms with Crippen molar-refractivity contribution in [2.24, 2.45) is 5.92 Å². The summed E-state index contributed by atoms with van der Waals surface area (Å²) in [5, 5.41) is 14.6. The van der Waals surface area contributed by atoms with Gasteiger partial charge in [-0.05, 0) is 43.5 Å². The van der Waals surface area contributed by atoms with Gasteiger partial charge in [-0.2, -0.15) is 0 Å². The van der Waals surface area contributed by atoms with Crippen LogP contribution in [0.2, 0.25) is 5.02 Å². The average Bonchev–Trinajstić information content (AvgIpc) is 2.64. The molecule has 2 aromatic rings. The van der Waals surface area contributed by atoms with E-state index in [0.29, 0.717) is 42.3 Å². The van der Waals surface area contributed by atoms with E-state index in [0.717, 1.165) is 5.56 Å². The van der Waals surface area contributed by atoms with Crippen LogP contribution in [0.25, 0.3) is 0 Å². The van der Waals surface area contributed by atoms with Gasteiger partial charge in [0.2, 0.25) is 5.91 Å². The Labute approximate surface area is 156 Å². The largest absolute Gasteiger partial charge is 0.366 e. The molecule has 6 nitrogen and oxygen atoms in total. The van der Waals surface area contributed by atoms with E-state index in [1.165, 1.54) is 6.07 Å². The lowest BCUT2D eigenvalue weighted by Gasteiger charge is -2.32. The van der Waals surface area contributed by atoms with Gasteiger partial charge in [0, 0.05) is 25.1 Å². The molecular formula is C19H20ClN3O3. The van der Waals surface area contributed by atoms with Gasteiger partial charge in [0.15, 0.2) is 0 Å². The standard InChI is InChI=1S/C19H20ClN3O3/c1-13-6-7-16(15(20)12-13)21-19(24)14-8-10-22(11-9-14)17-4-2-3-5-18(17)23(25)26/h2-7,12,14H,8-11H2,1H3,(H,21,24). The van der Waals surface area contributed by atoms with E-state index in [1.54, 1.807) is 24.3 Å². The third kappa shape index (κ3) is 3.96. The molecule has 0 radical (unpaired) electrons. The highest BCUT2D eigenvalue weighted by atomic mass is 35.5. The minimum atomic E-state index is -0.368. The molecule has 0 spiro atoms. The third-order valence-corrected chi connectivity index (χ3v) is 4.98. The number of nitro groups is 1. The van der Waals surface area contributed by atoms with E-state index < -0.39 is 0 Å². The summed E-state index contributed by atoms with van der Waals surface area (Å²) < 4.78 is 0. The zero-order valence-electron chi connectivity index (χ0n) is 14.4. The van der Waals surface area contributed by atoms with Crippen molar-refractivity contribution in [2.45, 2.75) is 19.8 Å². The molecule has 0 unspecified atom stereocenters. The van der Waals surface area contributed by atoms with Gasteiger partial charge in [-0.15, -0.1) is 0 Å². The van der Waals surface area contributed by atoms with E-state index >= 15 is 0 Å². The number of nitrogens with one attached hydrogen (secondary N) is 1. The summed E-state index contributed by atoms with van der Waals surface area (Å²) in [6, 6.07) is 12.2. The molecule has 7 heteroatoms. The Hall–Kier alpha value is -2.60. The highest BCUT2D eigenvalue weighted by molar-refractivity contribution is 6.33. The Kier molecular flexibility index (Phi) is 5.42. The average molecular weight is 374 g/mol. The molecule has 1 saturated heterocycles. The Morgan fingerprint density at radius 3 is 2.58 bits per heavy atom. The summed E-state index contributed by atoms with van der Waals surface area (Å²) in [6.45, 7) is 3.14. The van der Waals surface area contributed by atoms with Gasteiger partial charge >= 0.3 is 0 Å². The summed E-state index contributed by atoms with van der Waals surface area (Å²) in [4.78, 5) is 25.3. The lowest BCUT2D eigenvalue weighted by molar-refractivity contribution is -0.384. The molecule has 1 N–H and O–H groups in total. The second kappa shape index (κ2) is 7.74. The number of halogens is 1. The molecule has 0 aliphatic carbocycles. The van der Waals surface area contributed by atoms with Crippen molar-refractivity contribution in [3.63, 3.8) is 0 Å². The highest BCUT2D eigenvalue weighted by Gasteiger charge is 2.28. The summed E-state index contributed by atoms with van der Waals surface area (Å²) in [5.74, 6) is -0.190. The normalized spacial score (nSPS) is 14.9. The van der Waals surface area contributed by atoms with Crippen LogP contribution < -0.4 is 10.2 Å². The Morgan fingerprint density at radius 2 is 1.92 bits per heavy atom. The van der Waals surface area contributed by atoms with Crippen molar-refractivity contribution >= 4 is 34.6 Å². The first-order valence-corrected chi connectivity index (χ1v) is 8.89. The van der Waals surface area contributed by atoms with Crippen LogP contribution in [0, 0.1) is 23.0 Å². The maximum atomic E-state index is 12.5. The molecule has 0 aromatic heterocycles. The van der Waals surface area contributed by atoms with Crippen molar-refractivity contribution < 1.29 is 9.72 Å². The summed E-state index contributed by atoms with van der Waals surface area (Å²) in [7, 11) is 0. The monoisotopic (exact) mass is 373 g/mol. The number of nitro benzene ring substituents is 1. The second-order valence-electron chi connectivity index (χ2n) is 6.48. The van der Waals surface area contributed by atoms with Crippen LogP contribution in [0.5, 0.6) is 0 Å². The van der Waals surface area contributed by atoms with Crippen molar-refractivity contribution in [2.75, 3.05) is 23.3 Å². The Bertz CT molecular complexity index is 833. The van der Waals surface area contributed by atoms with Crippen molar-refractivity contribution in [1.29, 1.82) is 0 Å². The summed E-state index contributed by atoms with van der Waals surface area (Å²) >= 11 is 6.18. The minimum Gasteiger partial charge on any atom is -0.366 e. The molecule has 0 atom stereocenters. The van der Waals surface area contributed by atoms with E-state index in [9.17, 15) is 14.9 Å². The van der Waals surface area contributed by atoms with Crippen LogP contribution in [0.3, 0.4) is 0 Å². The molecule has 1 amide bonds. The lowest BCUT2D eigenvalue weighted by Crippen LogP contribution is -2.38. The molecule has 0 saturated carbocycles. The van der Waals surface area contributed by atoms with Gasteiger partial charge < -0.3 is 10.2 Å². The fourth-order valence-electron chi connectivity index (χ4n) is 3.22. The van der Waals surface area contributed by atoms with E-state index in [2.05, 4.69) is 5.32 Å². The third-order valence-electron chi connectivity index (χ3n) is 4.67. The van der Waals surface area contributed by atoms with Gasteiger partial charge in [0.05, 0.1) is 15.6 Å². The van der Waals surface area contributed by atoms with Crippen LogP contribution >= 0.6 is 11.6 Å². The predicted molar refractivity (Wildman–Crippen MR) is 103 cm³/mol. The fourth-order valence-corrected chi connectivity index (χ4v) is 3.51. The van der Waals surface area contributed by atoms with Crippen LogP contribution in [-0.2, 0) is 4.79 Å². The number of nitrogens with zero attached hydrogens (tertiary/aromatic N) is 2. The number of piperidine rings is 1. The number of hydrogen-bond donors (Lipinski definition) is 1.